The first kappa shape index (κ1) is 22.2. The number of Topliss-reactive ketones (excluding diaryl/α,β-unsaturated/α-hetero) is 2. The van der Waals surface area contributed by atoms with Crippen LogP contribution in [0.25, 0.3) is 0 Å². The van der Waals surface area contributed by atoms with Crippen LogP contribution in [-0.2, 0) is 19.2 Å². The van der Waals surface area contributed by atoms with E-state index < -0.39 is 47.4 Å². The number of rotatable bonds is 11. The zero-order valence-corrected chi connectivity index (χ0v) is 14.7. The summed E-state index contributed by atoms with van der Waals surface area (Å²) in [5.41, 5.74) is 7.25. The maximum Gasteiger partial charge on any atom is 0.331 e. The van der Waals surface area contributed by atoms with Crippen LogP contribution in [0.4, 0.5) is 0 Å². The van der Waals surface area contributed by atoms with E-state index in [9.17, 15) is 29.4 Å². The zero-order valence-electron chi connectivity index (χ0n) is 14.7. The SMILES string of the molecule is CC(C)CC(N)(C(=O)O)C(=O)CCC(=O)C(N)(CC(C)C)C(=O)O. The van der Waals surface area contributed by atoms with Gasteiger partial charge >= 0.3 is 11.9 Å². The van der Waals surface area contributed by atoms with E-state index in [0.29, 0.717) is 0 Å². The molecule has 6 N–H and O–H groups in total. The molecule has 2 unspecified atom stereocenters. The monoisotopic (exact) mass is 344 g/mol. The average molecular weight is 344 g/mol. The predicted octanol–water partition coefficient (Wildman–Crippen LogP) is 0.561. The number of hydrogen-bond donors (Lipinski definition) is 4. The Hall–Kier alpha value is -1.80. The Labute approximate surface area is 141 Å². The summed E-state index contributed by atoms with van der Waals surface area (Å²) in [5.74, 6) is -4.83. The fourth-order valence-corrected chi connectivity index (χ4v) is 2.60. The topological polar surface area (TPSA) is 161 Å². The fourth-order valence-electron chi connectivity index (χ4n) is 2.60. The quantitative estimate of drug-likeness (QED) is 0.395. The smallest absolute Gasteiger partial charge is 0.331 e. The standard InChI is InChI=1S/C16H28N2O6/c1-9(2)7-15(17,13(21)22)11(19)5-6-12(20)16(18,14(23)24)8-10(3)4/h9-10H,5-8,17-18H2,1-4H3,(H,21,22)(H,23,24). The van der Waals surface area contributed by atoms with Crippen LogP contribution in [0.1, 0.15) is 53.4 Å². The molecule has 0 spiro atoms. The number of carboxylic acids is 2. The molecule has 0 aliphatic carbocycles. The lowest BCUT2D eigenvalue weighted by atomic mass is 9.80. The van der Waals surface area contributed by atoms with Crippen LogP contribution in [0.5, 0.6) is 0 Å². The van der Waals surface area contributed by atoms with Gasteiger partial charge in [0.1, 0.15) is 0 Å². The second-order valence-electron chi connectivity index (χ2n) is 7.10. The normalized spacial score (nSPS) is 16.5. The molecule has 0 aliphatic heterocycles. The van der Waals surface area contributed by atoms with Crippen LogP contribution in [0.15, 0.2) is 0 Å². The number of carbonyl (C=O) groups is 4. The van der Waals surface area contributed by atoms with Crippen LogP contribution in [0.3, 0.4) is 0 Å². The van der Waals surface area contributed by atoms with Crippen molar-refractivity contribution in [2.75, 3.05) is 0 Å². The number of hydrogen-bond acceptors (Lipinski definition) is 6. The van der Waals surface area contributed by atoms with Gasteiger partial charge in [-0.2, -0.15) is 0 Å². The zero-order chi connectivity index (χ0) is 19.3. The molecule has 8 nitrogen and oxygen atoms in total. The molecular formula is C16H28N2O6. The molecule has 0 fully saturated rings. The molecule has 0 bridgehead atoms. The third kappa shape index (κ3) is 5.38. The van der Waals surface area contributed by atoms with E-state index in [1.165, 1.54) is 0 Å². The number of ketones is 2. The van der Waals surface area contributed by atoms with E-state index in [1.807, 2.05) is 0 Å². The molecular weight excluding hydrogens is 316 g/mol. The van der Waals surface area contributed by atoms with Crippen molar-refractivity contribution >= 4 is 23.5 Å². The van der Waals surface area contributed by atoms with E-state index in [2.05, 4.69) is 0 Å². The number of carbonyl (C=O) groups excluding carboxylic acids is 2. The van der Waals surface area contributed by atoms with Gasteiger partial charge in [-0.15, -0.1) is 0 Å². The first-order chi connectivity index (χ1) is 10.8. The van der Waals surface area contributed by atoms with Crippen molar-refractivity contribution in [2.45, 2.75) is 64.5 Å². The molecule has 0 radical (unpaired) electrons. The maximum atomic E-state index is 12.2. The van der Waals surface area contributed by atoms with Crippen LogP contribution in [-0.4, -0.2) is 44.8 Å². The van der Waals surface area contributed by atoms with E-state index in [4.69, 9.17) is 11.5 Å². The molecule has 0 aromatic carbocycles. The Bertz CT molecular complexity index is 471. The lowest BCUT2D eigenvalue weighted by Crippen LogP contribution is -2.57. The van der Waals surface area contributed by atoms with Gasteiger partial charge in [0.05, 0.1) is 0 Å². The Morgan fingerprint density at radius 1 is 0.750 bits per heavy atom. The van der Waals surface area contributed by atoms with Gasteiger partial charge in [0.2, 0.25) is 0 Å². The Balaban J connectivity index is 5.15. The van der Waals surface area contributed by atoms with Crippen LogP contribution in [0, 0.1) is 11.8 Å². The number of nitrogens with two attached hydrogens (primary N) is 2. The summed E-state index contributed by atoms with van der Waals surface area (Å²) in [6, 6.07) is 0. The highest BCUT2D eigenvalue weighted by Crippen LogP contribution is 2.22. The highest BCUT2D eigenvalue weighted by molar-refractivity contribution is 6.11. The molecule has 0 aliphatic rings. The van der Waals surface area contributed by atoms with Gasteiger partial charge in [-0.3, -0.25) is 9.59 Å². The third-order valence-electron chi connectivity index (χ3n) is 3.80. The fraction of sp³-hybridized carbons (Fsp3) is 0.750. The Morgan fingerprint density at radius 2 is 1.00 bits per heavy atom. The number of aliphatic carboxylic acids is 2. The molecule has 2 atom stereocenters. The molecule has 0 aromatic rings. The predicted molar refractivity (Wildman–Crippen MR) is 87.3 cm³/mol. The summed E-state index contributed by atoms with van der Waals surface area (Å²) in [4.78, 5) is 47.1. The number of carboxylic acid groups (broad SMARTS) is 2. The second-order valence-corrected chi connectivity index (χ2v) is 7.10. The highest BCUT2D eigenvalue weighted by Gasteiger charge is 2.45. The largest absolute Gasteiger partial charge is 0.480 e. The van der Waals surface area contributed by atoms with Crippen molar-refractivity contribution in [2.24, 2.45) is 23.3 Å². The van der Waals surface area contributed by atoms with E-state index >= 15 is 0 Å². The first-order valence-electron chi connectivity index (χ1n) is 7.88. The minimum absolute atomic E-state index is 0.0753. The first-order valence-corrected chi connectivity index (χ1v) is 7.88. The van der Waals surface area contributed by atoms with Gasteiger partial charge in [0, 0.05) is 12.8 Å². The molecule has 8 heteroatoms. The van der Waals surface area contributed by atoms with E-state index in [0.717, 1.165) is 0 Å². The van der Waals surface area contributed by atoms with Crippen molar-refractivity contribution in [1.82, 2.24) is 0 Å². The molecule has 0 amide bonds. The van der Waals surface area contributed by atoms with Gasteiger partial charge in [0.15, 0.2) is 22.6 Å². The van der Waals surface area contributed by atoms with Crippen LogP contribution < -0.4 is 11.5 Å². The van der Waals surface area contributed by atoms with Gasteiger partial charge in [0.25, 0.3) is 0 Å². The Kier molecular flexibility index (Phi) is 7.72. The van der Waals surface area contributed by atoms with Crippen LogP contribution in [0.2, 0.25) is 0 Å². The van der Waals surface area contributed by atoms with Gasteiger partial charge in [-0.1, -0.05) is 27.7 Å². The molecule has 0 aromatic heterocycles. The van der Waals surface area contributed by atoms with Crippen LogP contribution >= 0.6 is 0 Å². The summed E-state index contributed by atoms with van der Waals surface area (Å²) < 4.78 is 0. The molecule has 0 saturated heterocycles. The summed E-state index contributed by atoms with van der Waals surface area (Å²) in [5, 5.41) is 18.5. The highest BCUT2D eigenvalue weighted by atomic mass is 16.4. The van der Waals surface area contributed by atoms with E-state index in [1.54, 1.807) is 27.7 Å². The van der Waals surface area contributed by atoms with Gasteiger partial charge in [-0.05, 0) is 24.7 Å². The minimum atomic E-state index is -2.09. The summed E-state index contributed by atoms with van der Waals surface area (Å²) in [6.07, 6.45) is -1.07. The van der Waals surface area contributed by atoms with Gasteiger partial charge in [-0.25, -0.2) is 9.59 Å². The van der Waals surface area contributed by atoms with E-state index in [-0.39, 0.29) is 24.7 Å². The molecule has 24 heavy (non-hydrogen) atoms. The van der Waals surface area contributed by atoms with Gasteiger partial charge < -0.3 is 21.7 Å². The molecule has 0 saturated carbocycles. The Morgan fingerprint density at radius 3 is 1.17 bits per heavy atom. The summed E-state index contributed by atoms with van der Waals surface area (Å²) >= 11 is 0. The molecule has 0 heterocycles. The van der Waals surface area contributed by atoms with Crippen molar-refractivity contribution < 1.29 is 29.4 Å². The lowest BCUT2D eigenvalue weighted by molar-refractivity contribution is -0.152. The summed E-state index contributed by atoms with van der Waals surface area (Å²) in [6.45, 7) is 6.89. The van der Waals surface area contributed by atoms with Crippen molar-refractivity contribution in [1.29, 1.82) is 0 Å². The minimum Gasteiger partial charge on any atom is -0.480 e. The second kappa shape index (κ2) is 8.34. The van der Waals surface area contributed by atoms with Crippen molar-refractivity contribution in [3.05, 3.63) is 0 Å². The third-order valence-corrected chi connectivity index (χ3v) is 3.80. The van der Waals surface area contributed by atoms with Crippen molar-refractivity contribution in [3.63, 3.8) is 0 Å². The average Bonchev–Trinajstić information content (AvgIpc) is 2.41. The molecule has 138 valence electrons. The lowest BCUT2D eigenvalue weighted by Gasteiger charge is -2.27. The maximum absolute atomic E-state index is 12.2. The summed E-state index contributed by atoms with van der Waals surface area (Å²) in [7, 11) is 0. The van der Waals surface area contributed by atoms with Crippen molar-refractivity contribution in [3.8, 4) is 0 Å². The molecule has 0 rings (SSSR count).